The summed E-state index contributed by atoms with van der Waals surface area (Å²) in [5, 5.41) is 2.86. The number of hydrogen-bond acceptors (Lipinski definition) is 4. The minimum absolute atomic E-state index is 0.149. The number of nitrogens with zero attached hydrogens (tertiary/aromatic N) is 1. The third-order valence-electron chi connectivity index (χ3n) is 2.68. The first-order chi connectivity index (χ1) is 8.29. The summed E-state index contributed by atoms with van der Waals surface area (Å²) >= 11 is 1.53. The summed E-state index contributed by atoms with van der Waals surface area (Å²) in [5.41, 5.74) is 3.24. The number of halogens is 1. The number of hydrogen-bond donors (Lipinski definition) is 0. The van der Waals surface area contributed by atoms with Gasteiger partial charge in [-0.15, -0.1) is 11.3 Å². The minimum Gasteiger partial charge on any atom is -0.242 e. The molecule has 0 N–H and O–H groups in total. The molecular formula is C12H12ClNO2S2. The van der Waals surface area contributed by atoms with E-state index in [9.17, 15) is 8.42 Å². The molecule has 0 saturated heterocycles. The van der Waals surface area contributed by atoms with E-state index in [1.54, 1.807) is 13.0 Å². The van der Waals surface area contributed by atoms with Gasteiger partial charge in [0.25, 0.3) is 9.05 Å². The first-order valence-corrected chi connectivity index (χ1v) is 8.46. The van der Waals surface area contributed by atoms with Crippen molar-refractivity contribution in [3.05, 3.63) is 33.6 Å². The average molecular weight is 302 g/mol. The molecule has 2 rings (SSSR count). The number of aromatic nitrogens is 1. The van der Waals surface area contributed by atoms with Gasteiger partial charge in [0.05, 0.1) is 15.6 Å². The number of aryl methyl sites for hydroxylation is 3. The highest BCUT2D eigenvalue weighted by atomic mass is 35.7. The molecule has 0 amide bonds. The molecule has 0 aliphatic rings. The van der Waals surface area contributed by atoms with Crippen molar-refractivity contribution in [1.29, 1.82) is 0 Å². The van der Waals surface area contributed by atoms with Crippen molar-refractivity contribution in [3.63, 3.8) is 0 Å². The summed E-state index contributed by atoms with van der Waals surface area (Å²) in [6, 6.07) is 3.42. The smallest absolute Gasteiger partial charge is 0.242 e. The van der Waals surface area contributed by atoms with Gasteiger partial charge in [0.1, 0.15) is 0 Å². The summed E-state index contributed by atoms with van der Waals surface area (Å²) in [6.45, 7) is 5.58. The van der Waals surface area contributed by atoms with Crippen LogP contribution in [0.1, 0.15) is 16.1 Å². The molecule has 0 spiro atoms. The Morgan fingerprint density at radius 1 is 1.17 bits per heavy atom. The van der Waals surface area contributed by atoms with Gasteiger partial charge in [-0.1, -0.05) is 6.07 Å². The summed E-state index contributed by atoms with van der Waals surface area (Å²) in [6.07, 6.45) is 0. The second-order valence-electron chi connectivity index (χ2n) is 4.12. The molecule has 0 fully saturated rings. The molecule has 1 heterocycles. The van der Waals surface area contributed by atoms with E-state index in [4.69, 9.17) is 10.7 Å². The van der Waals surface area contributed by atoms with E-state index < -0.39 is 9.05 Å². The maximum atomic E-state index is 11.5. The third-order valence-corrected chi connectivity index (χ3v) is 4.92. The second kappa shape index (κ2) is 4.64. The van der Waals surface area contributed by atoms with Gasteiger partial charge in [-0.3, -0.25) is 0 Å². The Bertz CT molecular complexity index is 705. The van der Waals surface area contributed by atoms with E-state index in [0.29, 0.717) is 5.56 Å². The van der Waals surface area contributed by atoms with Crippen LogP contribution < -0.4 is 0 Å². The Labute approximate surface area is 115 Å². The zero-order valence-corrected chi connectivity index (χ0v) is 12.6. The van der Waals surface area contributed by atoms with E-state index in [2.05, 4.69) is 4.98 Å². The lowest BCUT2D eigenvalue weighted by atomic mass is 10.0. The molecule has 0 aliphatic carbocycles. The van der Waals surface area contributed by atoms with Gasteiger partial charge in [-0.25, -0.2) is 13.4 Å². The molecule has 3 nitrogen and oxygen atoms in total. The predicted octanol–water partition coefficient (Wildman–Crippen LogP) is 3.66. The van der Waals surface area contributed by atoms with Crippen LogP contribution in [-0.4, -0.2) is 13.4 Å². The summed E-state index contributed by atoms with van der Waals surface area (Å²) in [7, 11) is 1.71. The van der Waals surface area contributed by atoms with Crippen LogP contribution in [0, 0.1) is 20.8 Å². The summed E-state index contributed by atoms with van der Waals surface area (Å²) in [4.78, 5) is 4.52. The van der Waals surface area contributed by atoms with Crippen LogP contribution in [-0.2, 0) is 9.05 Å². The quantitative estimate of drug-likeness (QED) is 0.795. The number of thiazole rings is 1. The van der Waals surface area contributed by atoms with Crippen LogP contribution in [0.4, 0.5) is 0 Å². The van der Waals surface area contributed by atoms with Crippen molar-refractivity contribution < 1.29 is 8.42 Å². The van der Waals surface area contributed by atoms with Gasteiger partial charge >= 0.3 is 0 Å². The number of rotatable bonds is 2. The molecule has 0 radical (unpaired) electrons. The van der Waals surface area contributed by atoms with Crippen LogP contribution in [0.5, 0.6) is 0 Å². The highest BCUT2D eigenvalue weighted by Gasteiger charge is 2.17. The Balaban J connectivity index is 2.70. The number of benzene rings is 1. The molecule has 1 aromatic heterocycles. The van der Waals surface area contributed by atoms with Gasteiger partial charge in [0.15, 0.2) is 0 Å². The molecular weight excluding hydrogens is 290 g/mol. The summed E-state index contributed by atoms with van der Waals surface area (Å²) < 4.78 is 23.0. The lowest BCUT2D eigenvalue weighted by Gasteiger charge is -2.08. The van der Waals surface area contributed by atoms with Crippen LogP contribution in [0.2, 0.25) is 0 Å². The van der Waals surface area contributed by atoms with E-state index in [1.165, 1.54) is 11.3 Å². The molecule has 0 unspecified atom stereocenters. The zero-order chi connectivity index (χ0) is 13.5. The maximum Gasteiger partial charge on any atom is 0.261 e. The highest BCUT2D eigenvalue weighted by Crippen LogP contribution is 2.30. The van der Waals surface area contributed by atoms with Crippen LogP contribution in [0.25, 0.3) is 11.3 Å². The summed E-state index contributed by atoms with van der Waals surface area (Å²) in [5.74, 6) is 0. The van der Waals surface area contributed by atoms with E-state index in [1.807, 2.05) is 25.3 Å². The fourth-order valence-corrected chi connectivity index (χ4v) is 3.67. The van der Waals surface area contributed by atoms with E-state index in [0.717, 1.165) is 21.8 Å². The van der Waals surface area contributed by atoms with Gasteiger partial charge < -0.3 is 0 Å². The first kappa shape index (κ1) is 13.5. The zero-order valence-electron chi connectivity index (χ0n) is 10.2. The second-order valence-corrected chi connectivity index (χ2v) is 7.72. The molecule has 6 heteroatoms. The van der Waals surface area contributed by atoms with Crippen molar-refractivity contribution in [3.8, 4) is 11.3 Å². The minimum atomic E-state index is -3.73. The van der Waals surface area contributed by atoms with Crippen molar-refractivity contribution in [2.45, 2.75) is 25.7 Å². The van der Waals surface area contributed by atoms with E-state index >= 15 is 0 Å². The highest BCUT2D eigenvalue weighted by molar-refractivity contribution is 8.13. The van der Waals surface area contributed by atoms with Crippen molar-refractivity contribution >= 4 is 31.1 Å². The average Bonchev–Trinajstić information content (AvgIpc) is 2.62. The molecule has 0 saturated carbocycles. The molecule has 96 valence electrons. The fraction of sp³-hybridized carbons (Fsp3) is 0.250. The van der Waals surface area contributed by atoms with Gasteiger partial charge in [-0.2, -0.15) is 0 Å². The van der Waals surface area contributed by atoms with E-state index in [-0.39, 0.29) is 4.90 Å². The predicted molar refractivity (Wildman–Crippen MR) is 74.8 cm³/mol. The van der Waals surface area contributed by atoms with Crippen molar-refractivity contribution in [2.24, 2.45) is 0 Å². The van der Waals surface area contributed by atoms with Crippen molar-refractivity contribution in [1.82, 2.24) is 4.98 Å². The Morgan fingerprint density at radius 3 is 2.33 bits per heavy atom. The normalized spacial score (nSPS) is 11.8. The molecule has 2 aromatic rings. The molecule has 0 atom stereocenters. The fourth-order valence-electron chi connectivity index (χ4n) is 1.86. The Kier molecular flexibility index (Phi) is 3.49. The van der Waals surface area contributed by atoms with Gasteiger partial charge in [0.2, 0.25) is 0 Å². The monoisotopic (exact) mass is 301 g/mol. The maximum absolute atomic E-state index is 11.5. The van der Waals surface area contributed by atoms with Crippen LogP contribution in [0.3, 0.4) is 0 Å². The van der Waals surface area contributed by atoms with Gasteiger partial charge in [0, 0.05) is 21.6 Å². The Hall–Kier alpha value is -0.910. The largest absolute Gasteiger partial charge is 0.261 e. The SMILES string of the molecule is Cc1nc(-c2cc(S(=O)(=O)Cl)c(C)cc2C)cs1. The molecule has 0 bridgehead atoms. The molecule has 0 aliphatic heterocycles. The molecule has 1 aromatic carbocycles. The first-order valence-electron chi connectivity index (χ1n) is 5.27. The van der Waals surface area contributed by atoms with Crippen LogP contribution in [0.15, 0.2) is 22.4 Å². The Morgan fingerprint density at radius 2 is 1.83 bits per heavy atom. The van der Waals surface area contributed by atoms with Crippen molar-refractivity contribution in [2.75, 3.05) is 0 Å². The van der Waals surface area contributed by atoms with Gasteiger partial charge in [-0.05, 0) is 38.0 Å². The molecule has 18 heavy (non-hydrogen) atoms. The lowest BCUT2D eigenvalue weighted by Crippen LogP contribution is -1.97. The topological polar surface area (TPSA) is 47.0 Å². The standard InChI is InChI=1S/C12H12ClNO2S2/c1-7-4-8(2)12(18(13,15)16)5-10(7)11-6-17-9(3)14-11/h4-6H,1-3H3. The lowest BCUT2D eigenvalue weighted by molar-refractivity contribution is 0.609. The third kappa shape index (κ3) is 2.58. The van der Waals surface area contributed by atoms with Crippen LogP contribution >= 0.6 is 22.0 Å².